The van der Waals surface area contributed by atoms with Crippen molar-refractivity contribution in [3.8, 4) is 0 Å². The van der Waals surface area contributed by atoms with Gasteiger partial charge in [-0.1, -0.05) is 18.5 Å². The summed E-state index contributed by atoms with van der Waals surface area (Å²) in [4.78, 5) is 18.1. The normalized spacial score (nSPS) is 28.3. The second kappa shape index (κ2) is 6.32. The van der Waals surface area contributed by atoms with E-state index in [1.54, 1.807) is 0 Å². The molecule has 0 radical (unpaired) electrons. The number of rotatable bonds is 5. The highest BCUT2D eigenvalue weighted by molar-refractivity contribution is 5.85. The molecule has 1 N–H and O–H groups in total. The number of aryl methyl sites for hydroxylation is 1. The summed E-state index contributed by atoms with van der Waals surface area (Å²) in [7, 11) is 0. The van der Waals surface area contributed by atoms with Gasteiger partial charge in [-0.25, -0.2) is 0 Å². The first kappa shape index (κ1) is 16.2. The molecule has 0 spiro atoms. The molecule has 0 aromatic carbocycles. The van der Waals surface area contributed by atoms with Crippen LogP contribution in [0.3, 0.4) is 0 Å². The second-order valence-corrected chi connectivity index (χ2v) is 6.07. The highest BCUT2D eigenvalue weighted by Crippen LogP contribution is 2.49. The van der Waals surface area contributed by atoms with Gasteiger partial charge in [-0.05, 0) is 25.2 Å². The Morgan fingerprint density at radius 2 is 2.38 bits per heavy atom. The van der Waals surface area contributed by atoms with Gasteiger partial charge in [0.05, 0.1) is 12.0 Å². The predicted octanol–water partition coefficient (Wildman–Crippen LogP) is 2.13. The van der Waals surface area contributed by atoms with E-state index in [0.29, 0.717) is 19.0 Å². The van der Waals surface area contributed by atoms with Crippen LogP contribution in [-0.2, 0) is 17.8 Å². The zero-order valence-corrected chi connectivity index (χ0v) is 13.1. The molecule has 1 aliphatic carbocycles. The van der Waals surface area contributed by atoms with Crippen LogP contribution in [0.4, 0.5) is 0 Å². The Kier molecular flexibility index (Phi) is 4.88. The van der Waals surface area contributed by atoms with Crippen molar-refractivity contribution in [2.24, 2.45) is 11.3 Å². The Morgan fingerprint density at radius 1 is 1.57 bits per heavy atom. The maximum Gasteiger partial charge on any atom is 0.311 e. The molecule has 1 saturated carbocycles. The molecule has 2 aliphatic rings. The van der Waals surface area contributed by atoms with E-state index in [9.17, 15) is 9.90 Å². The first-order chi connectivity index (χ1) is 9.64. The summed E-state index contributed by atoms with van der Waals surface area (Å²) in [6.07, 6.45) is 4.67. The topological polar surface area (TPSA) is 79.5 Å². The molecule has 1 aliphatic heterocycles. The van der Waals surface area contributed by atoms with E-state index >= 15 is 0 Å². The van der Waals surface area contributed by atoms with Gasteiger partial charge >= 0.3 is 5.97 Å². The van der Waals surface area contributed by atoms with Crippen molar-refractivity contribution < 1.29 is 14.4 Å². The lowest BCUT2D eigenvalue weighted by Crippen LogP contribution is -2.35. The van der Waals surface area contributed by atoms with E-state index in [-0.39, 0.29) is 18.3 Å². The third-order valence-corrected chi connectivity index (χ3v) is 4.71. The van der Waals surface area contributed by atoms with E-state index in [1.165, 1.54) is 0 Å². The monoisotopic (exact) mass is 315 g/mol. The molecule has 3 rings (SSSR count). The SMILES string of the molecule is CCCc1noc(CN2C[C@@H]3CCC[C@@]3(C(=O)O)C2)n1.Cl. The molecule has 2 fully saturated rings. The van der Waals surface area contributed by atoms with E-state index < -0.39 is 11.4 Å². The van der Waals surface area contributed by atoms with Crippen LogP contribution in [0.25, 0.3) is 0 Å². The molecule has 0 unspecified atom stereocenters. The number of nitrogens with zero attached hydrogens (tertiary/aromatic N) is 3. The van der Waals surface area contributed by atoms with Crippen molar-refractivity contribution in [1.29, 1.82) is 0 Å². The van der Waals surface area contributed by atoms with Gasteiger partial charge in [-0.2, -0.15) is 4.98 Å². The quantitative estimate of drug-likeness (QED) is 0.896. The average molecular weight is 316 g/mol. The van der Waals surface area contributed by atoms with Crippen molar-refractivity contribution in [3.63, 3.8) is 0 Å². The van der Waals surface area contributed by atoms with E-state index in [0.717, 1.165) is 44.5 Å². The summed E-state index contributed by atoms with van der Waals surface area (Å²) in [6.45, 7) is 4.09. The van der Waals surface area contributed by atoms with Crippen LogP contribution in [0.2, 0.25) is 0 Å². The van der Waals surface area contributed by atoms with Gasteiger partial charge < -0.3 is 9.63 Å². The van der Waals surface area contributed by atoms with Gasteiger partial charge in [0.15, 0.2) is 5.82 Å². The van der Waals surface area contributed by atoms with Crippen LogP contribution in [0, 0.1) is 11.3 Å². The molecule has 21 heavy (non-hydrogen) atoms. The molecule has 2 heterocycles. The zero-order valence-electron chi connectivity index (χ0n) is 12.2. The first-order valence-corrected chi connectivity index (χ1v) is 7.41. The Balaban J connectivity index is 0.00000161. The lowest BCUT2D eigenvalue weighted by atomic mass is 9.81. The fourth-order valence-electron chi connectivity index (χ4n) is 3.73. The third-order valence-electron chi connectivity index (χ3n) is 4.71. The molecule has 6 nitrogen and oxygen atoms in total. The molecule has 1 aromatic heterocycles. The number of aromatic nitrogens is 2. The lowest BCUT2D eigenvalue weighted by Gasteiger charge is -2.23. The molecule has 7 heteroatoms. The third kappa shape index (κ3) is 2.92. The molecule has 0 bridgehead atoms. The van der Waals surface area contributed by atoms with Crippen LogP contribution >= 0.6 is 12.4 Å². The van der Waals surface area contributed by atoms with Crippen molar-refractivity contribution in [3.05, 3.63) is 11.7 Å². The largest absolute Gasteiger partial charge is 0.481 e. The minimum Gasteiger partial charge on any atom is -0.481 e. The molecule has 1 saturated heterocycles. The number of halogens is 1. The molecule has 118 valence electrons. The van der Waals surface area contributed by atoms with Gasteiger partial charge in [-0.3, -0.25) is 9.69 Å². The summed E-state index contributed by atoms with van der Waals surface area (Å²) in [5.41, 5.74) is -0.535. The average Bonchev–Trinajstić information content (AvgIpc) is 3.04. The van der Waals surface area contributed by atoms with Gasteiger partial charge in [0.25, 0.3) is 0 Å². The summed E-state index contributed by atoms with van der Waals surface area (Å²) in [5, 5.41) is 13.5. The molecule has 1 aromatic rings. The summed E-state index contributed by atoms with van der Waals surface area (Å²) in [6, 6.07) is 0. The smallest absolute Gasteiger partial charge is 0.311 e. The first-order valence-electron chi connectivity index (χ1n) is 7.41. The second-order valence-electron chi connectivity index (χ2n) is 6.07. The number of aliphatic carboxylic acids is 1. The fraction of sp³-hybridized carbons (Fsp3) is 0.786. The lowest BCUT2D eigenvalue weighted by molar-refractivity contribution is -0.149. The van der Waals surface area contributed by atoms with Crippen LogP contribution < -0.4 is 0 Å². The van der Waals surface area contributed by atoms with Crippen LogP contribution in [-0.4, -0.2) is 39.2 Å². The van der Waals surface area contributed by atoms with Crippen LogP contribution in [0.15, 0.2) is 4.52 Å². The van der Waals surface area contributed by atoms with E-state index in [1.807, 2.05) is 0 Å². The van der Waals surface area contributed by atoms with Crippen molar-refractivity contribution in [1.82, 2.24) is 15.0 Å². The standard InChI is InChI=1S/C14H21N3O3.ClH/c1-2-4-11-15-12(20-16-11)8-17-7-10-5-3-6-14(10,9-17)13(18)19;/h10H,2-9H2,1H3,(H,18,19);1H/t10-,14+;/m0./s1. The number of carboxylic acid groups (broad SMARTS) is 1. The minimum atomic E-state index is -0.639. The number of likely N-dealkylation sites (tertiary alicyclic amines) is 1. The van der Waals surface area contributed by atoms with Gasteiger partial charge in [-0.15, -0.1) is 12.4 Å². The minimum absolute atomic E-state index is 0. The van der Waals surface area contributed by atoms with Gasteiger partial charge in [0.1, 0.15) is 0 Å². The number of hydrogen-bond donors (Lipinski definition) is 1. The molecule has 0 amide bonds. The maximum absolute atomic E-state index is 11.6. The fourth-order valence-corrected chi connectivity index (χ4v) is 3.73. The number of carbonyl (C=O) groups is 1. The predicted molar refractivity (Wildman–Crippen MR) is 78.2 cm³/mol. The number of carboxylic acids is 1. The van der Waals surface area contributed by atoms with Gasteiger partial charge in [0.2, 0.25) is 5.89 Å². The molecular formula is C14H22ClN3O3. The van der Waals surface area contributed by atoms with Crippen molar-refractivity contribution >= 4 is 18.4 Å². The van der Waals surface area contributed by atoms with Crippen molar-refractivity contribution in [2.75, 3.05) is 13.1 Å². The summed E-state index contributed by atoms with van der Waals surface area (Å²) in [5.74, 6) is 0.988. The highest BCUT2D eigenvalue weighted by atomic mass is 35.5. The van der Waals surface area contributed by atoms with E-state index in [4.69, 9.17) is 4.52 Å². The van der Waals surface area contributed by atoms with Crippen LogP contribution in [0.1, 0.15) is 44.3 Å². The Bertz CT molecular complexity index is 507. The Hall–Kier alpha value is -1.14. The molecule has 2 atom stereocenters. The summed E-state index contributed by atoms with van der Waals surface area (Å²) >= 11 is 0. The number of fused-ring (bicyclic) bond motifs is 1. The summed E-state index contributed by atoms with van der Waals surface area (Å²) < 4.78 is 5.24. The molecular weight excluding hydrogens is 294 g/mol. The maximum atomic E-state index is 11.6. The zero-order chi connectivity index (χ0) is 14.2. The van der Waals surface area contributed by atoms with Crippen molar-refractivity contribution in [2.45, 2.75) is 45.6 Å². The van der Waals surface area contributed by atoms with Gasteiger partial charge in [0, 0.05) is 19.5 Å². The van der Waals surface area contributed by atoms with E-state index in [2.05, 4.69) is 22.0 Å². The number of hydrogen-bond acceptors (Lipinski definition) is 5. The Labute approximate surface area is 130 Å². The van der Waals surface area contributed by atoms with Crippen LogP contribution in [0.5, 0.6) is 0 Å². The highest BCUT2D eigenvalue weighted by Gasteiger charge is 2.54. The Morgan fingerprint density at radius 3 is 3.05 bits per heavy atom.